The number of nitrogens with one attached hydrogen (secondary N) is 1. The van der Waals surface area contributed by atoms with E-state index in [0.29, 0.717) is 94.9 Å². The Labute approximate surface area is 356 Å². The number of fused-ring (bicyclic) bond motifs is 2. The van der Waals surface area contributed by atoms with Gasteiger partial charge in [0.15, 0.2) is 5.82 Å². The van der Waals surface area contributed by atoms with E-state index in [2.05, 4.69) is 35.3 Å². The molecule has 6 heterocycles. The van der Waals surface area contributed by atoms with Crippen molar-refractivity contribution >= 4 is 29.3 Å². The van der Waals surface area contributed by atoms with E-state index >= 15 is 9.18 Å². The minimum Gasteiger partial charge on any atom is -0.381 e. The van der Waals surface area contributed by atoms with E-state index in [-0.39, 0.29) is 17.6 Å². The fourth-order valence-corrected chi connectivity index (χ4v) is 10.8. The second kappa shape index (κ2) is 14.5. The van der Waals surface area contributed by atoms with Crippen LogP contribution in [0.3, 0.4) is 0 Å². The summed E-state index contributed by atoms with van der Waals surface area (Å²) >= 11 is 0. The van der Waals surface area contributed by atoms with Gasteiger partial charge < -0.3 is 18.8 Å². The monoisotopic (exact) mass is 858 g/mol. The third-order valence-corrected chi connectivity index (χ3v) is 14.9. The fraction of sp³-hybridized carbons (Fsp3) is 0.370. The molecular formula is C46H48FN8O6P. The lowest BCUT2D eigenvalue weighted by Crippen LogP contribution is -2.41. The molecule has 1 saturated heterocycles. The van der Waals surface area contributed by atoms with Gasteiger partial charge in [-0.15, -0.1) is 0 Å². The maximum Gasteiger partial charge on any atom is 0.438 e. The molecule has 3 unspecified atom stereocenters. The van der Waals surface area contributed by atoms with Crippen molar-refractivity contribution in [2.75, 3.05) is 33.1 Å². The first-order valence-electron chi connectivity index (χ1n) is 21.1. The number of benzene rings is 3. The Morgan fingerprint density at radius 3 is 2.35 bits per heavy atom. The smallest absolute Gasteiger partial charge is 0.381 e. The predicted octanol–water partition coefficient (Wildman–Crippen LogP) is 6.89. The highest BCUT2D eigenvalue weighted by Crippen LogP contribution is 2.56. The zero-order chi connectivity index (χ0) is 43.4. The number of ether oxygens (including phenoxy) is 1. The van der Waals surface area contributed by atoms with Gasteiger partial charge in [-0.1, -0.05) is 30.3 Å². The summed E-state index contributed by atoms with van der Waals surface area (Å²) in [5, 5.41) is 10.8. The fourth-order valence-electron chi connectivity index (χ4n) is 9.93. The molecule has 3 aliphatic rings. The molecule has 0 radical (unpaired) electrons. The van der Waals surface area contributed by atoms with Crippen LogP contribution in [0.15, 0.2) is 87.2 Å². The number of hydrogen-bond acceptors (Lipinski definition) is 8. The number of carbonyl (C=O) groups excluding carboxylic acids is 1. The zero-order valence-corrected chi connectivity index (χ0v) is 36.4. The Morgan fingerprint density at radius 1 is 0.952 bits per heavy atom. The highest BCUT2D eigenvalue weighted by atomic mass is 31.2. The van der Waals surface area contributed by atoms with Crippen LogP contribution in [0.5, 0.6) is 0 Å². The summed E-state index contributed by atoms with van der Waals surface area (Å²) in [5.74, 6) is -0.0513. The Bertz CT molecular complexity index is 3100. The number of aromatic amines is 1. The third-order valence-electron chi connectivity index (χ3n) is 13.4. The standard InChI is InChI=1S/C46H48FN8O6P/c1-26-20-34(21-27(2)40(26)47)55-41(53-17-16-52(45(53)58)33-8-7-9-35(24-33)62(5,6)59)39-29(4)51(15-12-36(39)49-55)42(56)38-23-32-22-31(30-13-18-60-19-14-30)10-11-37(32)54(38)46(25-28(46)3)43-48-44(57)61-50-43/h7-11,16-17,20-24,28-30H,12-15,18-19,25H2,1-6H3,(H,48,50,57). The number of hydrogen-bond donors (Lipinski definition) is 1. The van der Waals surface area contributed by atoms with Gasteiger partial charge >= 0.3 is 11.4 Å². The van der Waals surface area contributed by atoms with Gasteiger partial charge in [0.1, 0.15) is 30.0 Å². The second-order valence-corrected chi connectivity index (χ2v) is 20.9. The number of imidazole rings is 1. The summed E-state index contributed by atoms with van der Waals surface area (Å²) in [7, 11) is -2.63. The van der Waals surface area contributed by atoms with Crippen LogP contribution in [0.1, 0.15) is 89.3 Å². The van der Waals surface area contributed by atoms with Crippen LogP contribution in [-0.4, -0.2) is 77.5 Å². The van der Waals surface area contributed by atoms with Crippen LogP contribution in [0.25, 0.3) is 28.1 Å². The maximum atomic E-state index is 15.4. The largest absolute Gasteiger partial charge is 0.438 e. The van der Waals surface area contributed by atoms with Crippen LogP contribution in [0.4, 0.5) is 4.39 Å². The molecule has 0 bridgehead atoms. The van der Waals surface area contributed by atoms with Gasteiger partial charge in [-0.3, -0.25) is 23.4 Å². The minimum absolute atomic E-state index is 0.0246. The first-order chi connectivity index (χ1) is 29.6. The van der Waals surface area contributed by atoms with Crippen molar-refractivity contribution in [1.29, 1.82) is 0 Å². The molecule has 10 rings (SSSR count). The SMILES string of the molecule is Cc1cc(-n2nc3c(c2-n2ccn(-c4cccc(P(C)(C)=O)c4)c2=O)C(C)N(C(=O)c2cc4cc(C5CCOCC5)ccc4n2C2(c4noc(=O)[nH]4)CC2C)CC3)cc(C)c1F. The summed E-state index contributed by atoms with van der Waals surface area (Å²) in [6.45, 7) is 12.5. The molecule has 3 atom stereocenters. The summed E-state index contributed by atoms with van der Waals surface area (Å²) in [5.41, 5.74) is 4.63. The van der Waals surface area contributed by atoms with E-state index in [1.807, 2.05) is 22.5 Å². The second-order valence-electron chi connectivity index (χ2n) is 17.6. The third kappa shape index (κ3) is 6.30. The van der Waals surface area contributed by atoms with Gasteiger partial charge in [0, 0.05) is 60.3 Å². The molecule has 1 amide bonds. The van der Waals surface area contributed by atoms with Crippen molar-refractivity contribution in [2.24, 2.45) is 5.92 Å². The van der Waals surface area contributed by atoms with Crippen molar-refractivity contribution in [3.63, 3.8) is 0 Å². The Kier molecular flexibility index (Phi) is 9.38. The molecule has 3 aromatic carbocycles. The van der Waals surface area contributed by atoms with E-state index in [1.54, 1.807) is 80.7 Å². The van der Waals surface area contributed by atoms with Crippen molar-refractivity contribution in [2.45, 2.75) is 70.9 Å². The molecule has 320 valence electrons. The van der Waals surface area contributed by atoms with Crippen LogP contribution < -0.4 is 16.8 Å². The summed E-state index contributed by atoms with van der Waals surface area (Å²) in [6, 6.07) is 18.3. The molecule has 1 N–H and O–H groups in total. The molecule has 16 heteroatoms. The van der Waals surface area contributed by atoms with E-state index in [4.69, 9.17) is 14.4 Å². The number of aryl methyl sites for hydroxylation is 2. The molecule has 62 heavy (non-hydrogen) atoms. The van der Waals surface area contributed by atoms with Crippen LogP contribution >= 0.6 is 7.14 Å². The number of nitrogens with zero attached hydrogens (tertiary/aromatic N) is 7. The minimum atomic E-state index is -2.63. The van der Waals surface area contributed by atoms with Gasteiger partial charge in [-0.05, 0) is 124 Å². The molecule has 1 aliphatic carbocycles. The van der Waals surface area contributed by atoms with Crippen LogP contribution in [0.2, 0.25) is 0 Å². The average Bonchev–Trinajstić information content (AvgIpc) is 3.75. The molecule has 1 saturated carbocycles. The lowest BCUT2D eigenvalue weighted by molar-refractivity contribution is 0.0663. The number of carbonyl (C=O) groups is 1. The van der Waals surface area contributed by atoms with Crippen LogP contribution in [0, 0.1) is 25.6 Å². The summed E-state index contributed by atoms with van der Waals surface area (Å²) in [4.78, 5) is 47.1. The van der Waals surface area contributed by atoms with Crippen molar-refractivity contribution in [3.05, 3.63) is 139 Å². The molecule has 2 aliphatic heterocycles. The topological polar surface area (TPSA) is 155 Å². The maximum absolute atomic E-state index is 15.4. The molecule has 2 fully saturated rings. The van der Waals surface area contributed by atoms with Gasteiger partial charge in [-0.25, -0.2) is 18.7 Å². The normalized spacial score (nSPS) is 20.5. The summed E-state index contributed by atoms with van der Waals surface area (Å²) < 4.78 is 45.6. The van der Waals surface area contributed by atoms with E-state index in [0.717, 1.165) is 23.7 Å². The molecule has 4 aromatic heterocycles. The molecular weight excluding hydrogens is 811 g/mol. The van der Waals surface area contributed by atoms with Gasteiger partial charge in [-0.2, -0.15) is 5.10 Å². The lowest BCUT2D eigenvalue weighted by atomic mass is 9.91. The Morgan fingerprint density at radius 2 is 1.68 bits per heavy atom. The summed E-state index contributed by atoms with van der Waals surface area (Å²) in [6.07, 6.45) is 6.18. The molecule has 14 nitrogen and oxygen atoms in total. The van der Waals surface area contributed by atoms with E-state index < -0.39 is 30.2 Å². The number of halogens is 1. The Balaban J connectivity index is 1.12. The van der Waals surface area contributed by atoms with Crippen molar-refractivity contribution in [1.82, 2.24) is 38.5 Å². The zero-order valence-electron chi connectivity index (χ0n) is 35.5. The highest BCUT2D eigenvalue weighted by molar-refractivity contribution is 7.70. The van der Waals surface area contributed by atoms with Crippen LogP contribution in [-0.2, 0) is 21.3 Å². The molecule has 7 aromatic rings. The van der Waals surface area contributed by atoms with Gasteiger partial charge in [0.25, 0.3) is 5.91 Å². The predicted molar refractivity (Wildman–Crippen MR) is 233 cm³/mol. The number of rotatable bonds is 8. The lowest BCUT2D eigenvalue weighted by Gasteiger charge is -2.34. The average molecular weight is 859 g/mol. The van der Waals surface area contributed by atoms with E-state index in [1.165, 1.54) is 14.7 Å². The van der Waals surface area contributed by atoms with E-state index in [9.17, 15) is 14.2 Å². The van der Waals surface area contributed by atoms with Gasteiger partial charge in [0.05, 0.1) is 23.1 Å². The first-order valence-corrected chi connectivity index (χ1v) is 23.7. The van der Waals surface area contributed by atoms with Crippen molar-refractivity contribution < 1.29 is 23.0 Å². The first kappa shape index (κ1) is 40.0. The number of aromatic nitrogens is 7. The number of amides is 1. The highest BCUT2D eigenvalue weighted by Gasteiger charge is 2.59. The van der Waals surface area contributed by atoms with Crippen molar-refractivity contribution in [3.8, 4) is 17.2 Å². The Hall–Kier alpha value is -6.05. The molecule has 0 spiro atoms. The quantitative estimate of drug-likeness (QED) is 0.162. The van der Waals surface area contributed by atoms with Gasteiger partial charge in [0.2, 0.25) is 0 Å². The number of H-pyrrole nitrogens is 1.